The molecule has 1 unspecified atom stereocenters. The summed E-state index contributed by atoms with van der Waals surface area (Å²) in [7, 11) is 5.64. The minimum Gasteiger partial charge on any atom is -0.497 e. The van der Waals surface area contributed by atoms with Gasteiger partial charge in [-0.1, -0.05) is 6.92 Å². The maximum absolute atomic E-state index is 9.20. The molecule has 0 aliphatic carbocycles. The minimum absolute atomic E-state index is 0.123. The smallest absolute Gasteiger partial charge is 0.119 e. The number of benzene rings is 1. The van der Waals surface area contributed by atoms with Gasteiger partial charge in [0.2, 0.25) is 0 Å². The number of aliphatic hydroxyl groups excluding tert-OH is 1. The molecule has 0 saturated carbocycles. The van der Waals surface area contributed by atoms with Crippen molar-refractivity contribution >= 4 is 5.69 Å². The summed E-state index contributed by atoms with van der Waals surface area (Å²) in [6.07, 6.45) is 0. The molecule has 0 radical (unpaired) electrons. The summed E-state index contributed by atoms with van der Waals surface area (Å²) in [6.45, 7) is 2.15. The Kier molecular flexibility index (Phi) is 3.97. The molecule has 1 aromatic carbocycles. The molecule has 0 aliphatic rings. The number of anilines is 1. The number of rotatable bonds is 4. The van der Waals surface area contributed by atoms with Crippen LogP contribution < -0.4 is 9.64 Å². The summed E-state index contributed by atoms with van der Waals surface area (Å²) in [4.78, 5) is 2.04. The van der Waals surface area contributed by atoms with Gasteiger partial charge in [0.15, 0.2) is 0 Å². The van der Waals surface area contributed by atoms with Gasteiger partial charge in [-0.3, -0.25) is 0 Å². The molecule has 1 N–H and O–H groups in total. The van der Waals surface area contributed by atoms with Crippen molar-refractivity contribution in [3.05, 3.63) is 23.8 Å². The Hall–Kier alpha value is -1.22. The van der Waals surface area contributed by atoms with Crippen LogP contribution in [0.1, 0.15) is 18.4 Å². The topological polar surface area (TPSA) is 32.7 Å². The van der Waals surface area contributed by atoms with E-state index in [1.165, 1.54) is 0 Å². The molecular formula is C12H19NO2. The lowest BCUT2D eigenvalue weighted by atomic mass is 9.99. The molecule has 0 aromatic heterocycles. The van der Waals surface area contributed by atoms with Gasteiger partial charge in [0.05, 0.1) is 7.11 Å². The lowest BCUT2D eigenvalue weighted by Gasteiger charge is -2.21. The van der Waals surface area contributed by atoms with Gasteiger partial charge in [-0.25, -0.2) is 0 Å². The van der Waals surface area contributed by atoms with E-state index in [2.05, 4.69) is 0 Å². The maximum Gasteiger partial charge on any atom is 0.119 e. The van der Waals surface area contributed by atoms with Crippen molar-refractivity contribution in [2.45, 2.75) is 12.8 Å². The monoisotopic (exact) mass is 209 g/mol. The fourth-order valence-corrected chi connectivity index (χ4v) is 1.56. The highest BCUT2D eigenvalue weighted by Crippen LogP contribution is 2.30. The normalized spacial score (nSPS) is 12.3. The molecule has 0 aliphatic heterocycles. The number of hydrogen-bond acceptors (Lipinski definition) is 3. The van der Waals surface area contributed by atoms with Gasteiger partial charge in [0.1, 0.15) is 5.75 Å². The van der Waals surface area contributed by atoms with Gasteiger partial charge in [0, 0.05) is 32.3 Å². The van der Waals surface area contributed by atoms with Crippen molar-refractivity contribution < 1.29 is 9.84 Å². The van der Waals surface area contributed by atoms with Crippen LogP contribution in [0.15, 0.2) is 18.2 Å². The lowest BCUT2D eigenvalue weighted by Crippen LogP contribution is -2.13. The zero-order chi connectivity index (χ0) is 11.4. The molecule has 1 atom stereocenters. The molecule has 1 rings (SSSR count). The molecule has 0 fully saturated rings. The fraction of sp³-hybridized carbons (Fsp3) is 0.500. The SMILES string of the molecule is COc1ccc(N(C)C)c(C(C)CO)c1. The molecule has 15 heavy (non-hydrogen) atoms. The Labute approximate surface area is 91.3 Å². The summed E-state index contributed by atoms with van der Waals surface area (Å²) >= 11 is 0. The second-order valence-corrected chi connectivity index (χ2v) is 3.90. The number of ether oxygens (including phenoxy) is 1. The highest BCUT2D eigenvalue weighted by molar-refractivity contribution is 5.56. The summed E-state index contributed by atoms with van der Waals surface area (Å²) in [5.74, 6) is 0.952. The van der Waals surface area contributed by atoms with E-state index in [1.807, 2.05) is 44.1 Å². The second kappa shape index (κ2) is 5.03. The van der Waals surface area contributed by atoms with E-state index in [0.29, 0.717) is 0 Å². The Balaban J connectivity index is 3.16. The first kappa shape index (κ1) is 11.9. The van der Waals surface area contributed by atoms with Crippen LogP contribution in [0, 0.1) is 0 Å². The van der Waals surface area contributed by atoms with Gasteiger partial charge in [0.25, 0.3) is 0 Å². The highest BCUT2D eigenvalue weighted by Gasteiger charge is 2.12. The van der Waals surface area contributed by atoms with E-state index in [9.17, 15) is 5.11 Å². The van der Waals surface area contributed by atoms with Gasteiger partial charge < -0.3 is 14.7 Å². The van der Waals surface area contributed by atoms with Crippen molar-refractivity contribution in [3.8, 4) is 5.75 Å². The van der Waals surface area contributed by atoms with E-state index in [4.69, 9.17) is 4.74 Å². The Bertz CT molecular complexity index is 323. The van der Waals surface area contributed by atoms with E-state index in [-0.39, 0.29) is 12.5 Å². The molecule has 0 saturated heterocycles. The third kappa shape index (κ3) is 2.63. The summed E-state index contributed by atoms with van der Waals surface area (Å²) in [5.41, 5.74) is 2.24. The fourth-order valence-electron chi connectivity index (χ4n) is 1.56. The number of methoxy groups -OCH3 is 1. The van der Waals surface area contributed by atoms with E-state index < -0.39 is 0 Å². The molecule has 1 aromatic rings. The molecule has 0 bridgehead atoms. The molecular weight excluding hydrogens is 190 g/mol. The van der Waals surface area contributed by atoms with Crippen molar-refractivity contribution in [1.29, 1.82) is 0 Å². The van der Waals surface area contributed by atoms with Gasteiger partial charge in [-0.2, -0.15) is 0 Å². The van der Waals surface area contributed by atoms with Crippen LogP contribution in [-0.4, -0.2) is 32.9 Å². The van der Waals surface area contributed by atoms with Crippen LogP contribution >= 0.6 is 0 Å². The Morgan fingerprint density at radius 1 is 1.40 bits per heavy atom. The third-order valence-electron chi connectivity index (χ3n) is 2.52. The highest BCUT2D eigenvalue weighted by atomic mass is 16.5. The number of aliphatic hydroxyl groups is 1. The van der Waals surface area contributed by atoms with Gasteiger partial charge in [-0.05, 0) is 23.8 Å². The van der Waals surface area contributed by atoms with Crippen LogP contribution in [0.2, 0.25) is 0 Å². The van der Waals surface area contributed by atoms with Crippen LogP contribution in [-0.2, 0) is 0 Å². The predicted octanol–water partition coefficient (Wildman–Crippen LogP) is 1.86. The van der Waals surface area contributed by atoms with E-state index in [0.717, 1.165) is 17.0 Å². The largest absolute Gasteiger partial charge is 0.497 e. The number of hydrogen-bond donors (Lipinski definition) is 1. The predicted molar refractivity (Wildman–Crippen MR) is 62.8 cm³/mol. The van der Waals surface area contributed by atoms with E-state index >= 15 is 0 Å². The molecule has 0 spiro atoms. The summed E-state index contributed by atoms with van der Waals surface area (Å²) in [5, 5.41) is 9.20. The standard InChI is InChI=1S/C12H19NO2/c1-9(8-14)11-7-10(15-4)5-6-12(11)13(2)3/h5-7,9,14H,8H2,1-4H3. The zero-order valence-electron chi connectivity index (χ0n) is 9.82. The molecule has 3 heteroatoms. The molecule has 3 nitrogen and oxygen atoms in total. The Morgan fingerprint density at radius 2 is 2.07 bits per heavy atom. The van der Waals surface area contributed by atoms with Crippen molar-refractivity contribution in [1.82, 2.24) is 0 Å². The van der Waals surface area contributed by atoms with Gasteiger partial charge >= 0.3 is 0 Å². The quantitative estimate of drug-likeness (QED) is 0.821. The first-order chi connectivity index (χ1) is 7.10. The average Bonchev–Trinajstić information content (AvgIpc) is 2.26. The first-order valence-electron chi connectivity index (χ1n) is 5.06. The molecule has 0 amide bonds. The van der Waals surface area contributed by atoms with Crippen LogP contribution in [0.25, 0.3) is 0 Å². The van der Waals surface area contributed by atoms with Crippen molar-refractivity contribution in [2.24, 2.45) is 0 Å². The van der Waals surface area contributed by atoms with Gasteiger partial charge in [-0.15, -0.1) is 0 Å². The van der Waals surface area contributed by atoms with Crippen LogP contribution in [0.3, 0.4) is 0 Å². The third-order valence-corrected chi connectivity index (χ3v) is 2.52. The molecule has 84 valence electrons. The lowest BCUT2D eigenvalue weighted by molar-refractivity contribution is 0.273. The van der Waals surface area contributed by atoms with Crippen LogP contribution in [0.5, 0.6) is 5.75 Å². The average molecular weight is 209 g/mol. The second-order valence-electron chi connectivity index (χ2n) is 3.90. The van der Waals surface area contributed by atoms with Crippen LogP contribution in [0.4, 0.5) is 5.69 Å². The van der Waals surface area contributed by atoms with E-state index in [1.54, 1.807) is 7.11 Å². The van der Waals surface area contributed by atoms with Crippen molar-refractivity contribution in [2.75, 3.05) is 32.7 Å². The molecule has 0 heterocycles. The summed E-state index contributed by atoms with van der Waals surface area (Å²) in [6, 6.07) is 5.93. The first-order valence-corrected chi connectivity index (χ1v) is 5.06. The zero-order valence-corrected chi connectivity index (χ0v) is 9.82. The maximum atomic E-state index is 9.20. The Morgan fingerprint density at radius 3 is 2.53 bits per heavy atom. The minimum atomic E-state index is 0.123. The van der Waals surface area contributed by atoms with Crippen molar-refractivity contribution in [3.63, 3.8) is 0 Å². The number of nitrogens with zero attached hydrogens (tertiary/aromatic N) is 1. The summed E-state index contributed by atoms with van der Waals surface area (Å²) < 4.78 is 5.18.